The summed E-state index contributed by atoms with van der Waals surface area (Å²) in [6, 6.07) is 21.2. The summed E-state index contributed by atoms with van der Waals surface area (Å²) in [7, 11) is -1.22. The lowest BCUT2D eigenvalue weighted by atomic mass is 10.1. The summed E-state index contributed by atoms with van der Waals surface area (Å²) in [6.07, 6.45) is 11.6. The Morgan fingerprint density at radius 3 is 2.02 bits per heavy atom. The van der Waals surface area contributed by atoms with E-state index in [1.54, 1.807) is 13.2 Å². The van der Waals surface area contributed by atoms with Crippen molar-refractivity contribution in [2.75, 3.05) is 20.4 Å². The van der Waals surface area contributed by atoms with Crippen molar-refractivity contribution in [2.45, 2.75) is 103 Å². The molecule has 2 rings (SSSR count). The van der Waals surface area contributed by atoms with Crippen LogP contribution in [0.25, 0.3) is 0 Å². The normalized spacial score (nSPS) is 14.7. The van der Waals surface area contributed by atoms with Crippen LogP contribution in [0.5, 0.6) is 0 Å². The van der Waals surface area contributed by atoms with Gasteiger partial charge in [-0.3, -0.25) is 0 Å². The molecule has 0 aromatic heterocycles. The first kappa shape index (κ1) is 39.2. The Labute approximate surface area is 278 Å². The molecule has 0 heterocycles. The summed E-state index contributed by atoms with van der Waals surface area (Å²) in [6.45, 7) is 16.8. The number of carbonyl (C=O) groups is 1. The monoisotopic (exact) mass is 651 g/mol. The van der Waals surface area contributed by atoms with E-state index in [2.05, 4.69) is 93.3 Å². The highest BCUT2D eigenvalue weighted by Crippen LogP contribution is 2.38. The van der Waals surface area contributed by atoms with Gasteiger partial charge in [0.05, 0.1) is 18.3 Å². The first-order valence-corrected chi connectivity index (χ1v) is 18.2. The lowest BCUT2D eigenvalue weighted by molar-refractivity contribution is -0.0731. The van der Waals surface area contributed by atoms with Gasteiger partial charge in [-0.15, -0.1) is 6.58 Å². The molecular formula is C38H57NO6Si. The van der Waals surface area contributed by atoms with Gasteiger partial charge < -0.3 is 29.1 Å². The fourth-order valence-electron chi connectivity index (χ4n) is 5.35. The van der Waals surface area contributed by atoms with Crippen molar-refractivity contribution in [1.29, 1.82) is 0 Å². The SMILES string of the molecule is C=CC[C@H](O)/C=C/C[C@@H](/C=C/C[C@@H](CCCNC(=O)OC(C)(C)C)OCOC)O[Si](c1ccccc1)(c1ccccc1)C(C)(C)C. The molecule has 0 bridgehead atoms. The second-order valence-corrected chi connectivity index (χ2v) is 17.8. The van der Waals surface area contributed by atoms with Gasteiger partial charge in [-0.2, -0.15) is 0 Å². The Morgan fingerprint density at radius 1 is 0.913 bits per heavy atom. The summed E-state index contributed by atoms with van der Waals surface area (Å²) in [5, 5.41) is 15.4. The van der Waals surface area contributed by atoms with Crippen LogP contribution in [0.4, 0.5) is 4.79 Å². The number of carbonyl (C=O) groups excluding carboxylic acids is 1. The summed E-state index contributed by atoms with van der Waals surface area (Å²) in [5.41, 5.74) is -0.537. The zero-order chi connectivity index (χ0) is 34.1. The summed E-state index contributed by atoms with van der Waals surface area (Å²) in [5.74, 6) is 0. The van der Waals surface area contributed by atoms with Crippen molar-refractivity contribution in [2.24, 2.45) is 0 Å². The molecule has 8 heteroatoms. The maximum absolute atomic E-state index is 12.0. The predicted molar refractivity (Wildman–Crippen MR) is 191 cm³/mol. The third-order valence-corrected chi connectivity index (χ3v) is 12.5. The van der Waals surface area contributed by atoms with Gasteiger partial charge in [0.25, 0.3) is 8.32 Å². The van der Waals surface area contributed by atoms with Crippen molar-refractivity contribution >= 4 is 24.8 Å². The number of nitrogens with one attached hydrogen (secondary N) is 1. The third kappa shape index (κ3) is 13.4. The van der Waals surface area contributed by atoms with Crippen LogP contribution in [0.15, 0.2) is 97.6 Å². The smallest absolute Gasteiger partial charge is 0.407 e. The van der Waals surface area contributed by atoms with Crippen LogP contribution in [0.3, 0.4) is 0 Å². The lowest BCUT2D eigenvalue weighted by Crippen LogP contribution is -2.67. The fraction of sp³-hybridized carbons (Fsp3) is 0.500. The topological polar surface area (TPSA) is 86.3 Å². The zero-order valence-corrected chi connectivity index (χ0v) is 30.0. The lowest BCUT2D eigenvalue weighted by Gasteiger charge is -2.44. The number of aliphatic hydroxyl groups excluding tert-OH is 1. The van der Waals surface area contributed by atoms with Crippen LogP contribution in [0.1, 0.15) is 73.6 Å². The number of hydrogen-bond acceptors (Lipinski definition) is 6. The number of rotatable bonds is 19. The highest BCUT2D eigenvalue weighted by Gasteiger charge is 2.51. The molecule has 0 aliphatic heterocycles. The number of methoxy groups -OCH3 is 1. The van der Waals surface area contributed by atoms with Crippen molar-refractivity contribution in [3.8, 4) is 0 Å². The summed E-state index contributed by atoms with van der Waals surface area (Å²) in [4.78, 5) is 12.0. The van der Waals surface area contributed by atoms with E-state index in [0.717, 1.165) is 12.8 Å². The van der Waals surface area contributed by atoms with Gasteiger partial charge in [-0.1, -0.05) is 112 Å². The molecule has 1 amide bonds. The van der Waals surface area contributed by atoms with E-state index in [1.807, 2.05) is 45.1 Å². The number of ether oxygens (including phenoxy) is 3. The van der Waals surface area contributed by atoms with Crippen LogP contribution in [0.2, 0.25) is 5.04 Å². The van der Waals surface area contributed by atoms with Crippen LogP contribution in [0, 0.1) is 0 Å². The Balaban J connectivity index is 2.34. The largest absolute Gasteiger partial charge is 0.444 e. The number of aliphatic hydroxyl groups is 1. The van der Waals surface area contributed by atoms with Gasteiger partial charge in [-0.25, -0.2) is 4.79 Å². The van der Waals surface area contributed by atoms with Gasteiger partial charge in [-0.05, 0) is 68.3 Å². The standard InChI is InChI=1S/C38H57NO6Si/c1-9-19-31(40)20-16-22-33(23-17-21-32(43-30-42-8)24-18-29-39-36(41)44-37(2,3)4)45-46(38(5,6)7,34-25-12-10-13-26-34)35-27-14-11-15-28-35/h9-17,20,23,25-28,31-33,40H,1,18-19,21-22,24,29-30H2,2-8H3,(H,39,41)/b20-16+,23-17+/t31-,32-,33-/m0/s1. The Morgan fingerprint density at radius 2 is 1.50 bits per heavy atom. The number of benzene rings is 2. The molecule has 3 atom stereocenters. The van der Waals surface area contributed by atoms with Crippen molar-refractivity contribution < 1.29 is 28.5 Å². The number of alkyl carbamates (subject to hydrolysis) is 1. The highest BCUT2D eigenvalue weighted by molar-refractivity contribution is 6.99. The molecule has 0 fully saturated rings. The number of hydrogen-bond donors (Lipinski definition) is 2. The van der Waals surface area contributed by atoms with E-state index in [0.29, 0.717) is 25.8 Å². The van der Waals surface area contributed by atoms with E-state index in [-0.39, 0.29) is 24.0 Å². The molecule has 0 aliphatic rings. The van der Waals surface area contributed by atoms with Crippen LogP contribution in [-0.4, -0.2) is 63.9 Å². The molecule has 254 valence electrons. The molecule has 0 aliphatic carbocycles. The molecule has 0 saturated carbocycles. The van der Waals surface area contributed by atoms with Gasteiger partial charge in [0, 0.05) is 13.7 Å². The van der Waals surface area contributed by atoms with Gasteiger partial charge in [0.1, 0.15) is 12.4 Å². The first-order chi connectivity index (χ1) is 21.8. The van der Waals surface area contributed by atoms with Crippen LogP contribution >= 0.6 is 0 Å². The molecule has 2 aromatic carbocycles. The maximum Gasteiger partial charge on any atom is 0.407 e. The first-order valence-electron chi connectivity index (χ1n) is 16.3. The van der Waals surface area contributed by atoms with Crippen molar-refractivity contribution in [3.05, 3.63) is 97.6 Å². The maximum atomic E-state index is 12.0. The van der Waals surface area contributed by atoms with Crippen LogP contribution in [-0.2, 0) is 18.6 Å². The molecule has 0 radical (unpaired) electrons. The molecule has 7 nitrogen and oxygen atoms in total. The molecule has 0 saturated heterocycles. The highest BCUT2D eigenvalue weighted by atomic mass is 28.4. The molecule has 0 unspecified atom stereocenters. The average molecular weight is 652 g/mol. The summed E-state index contributed by atoms with van der Waals surface area (Å²) < 4.78 is 23.9. The van der Waals surface area contributed by atoms with E-state index >= 15 is 0 Å². The minimum Gasteiger partial charge on any atom is -0.444 e. The summed E-state index contributed by atoms with van der Waals surface area (Å²) >= 11 is 0. The second-order valence-electron chi connectivity index (χ2n) is 13.5. The zero-order valence-electron chi connectivity index (χ0n) is 29.0. The molecular weight excluding hydrogens is 595 g/mol. The quantitative estimate of drug-likeness (QED) is 0.0733. The Kier molecular flexibility index (Phi) is 16.7. The third-order valence-electron chi connectivity index (χ3n) is 7.42. The minimum atomic E-state index is -2.82. The molecule has 2 N–H and O–H groups in total. The molecule has 46 heavy (non-hydrogen) atoms. The number of amides is 1. The van der Waals surface area contributed by atoms with Gasteiger partial charge in [0.15, 0.2) is 0 Å². The minimum absolute atomic E-state index is 0.102. The van der Waals surface area contributed by atoms with Crippen molar-refractivity contribution in [1.82, 2.24) is 5.32 Å². The Bertz CT molecular complexity index is 1160. The van der Waals surface area contributed by atoms with Crippen molar-refractivity contribution in [3.63, 3.8) is 0 Å². The fourth-order valence-corrected chi connectivity index (χ4v) is 10.00. The van der Waals surface area contributed by atoms with E-state index in [4.69, 9.17) is 18.6 Å². The Hall–Kier alpha value is -3.01. The second kappa shape index (κ2) is 19.6. The van der Waals surface area contributed by atoms with E-state index < -0.39 is 26.1 Å². The van der Waals surface area contributed by atoms with E-state index in [1.165, 1.54) is 10.4 Å². The molecule has 2 aromatic rings. The van der Waals surface area contributed by atoms with Gasteiger partial charge in [0.2, 0.25) is 0 Å². The predicted octanol–water partition coefficient (Wildman–Crippen LogP) is 7.06. The average Bonchev–Trinajstić information content (AvgIpc) is 2.99. The van der Waals surface area contributed by atoms with Gasteiger partial charge >= 0.3 is 6.09 Å². The van der Waals surface area contributed by atoms with Crippen LogP contribution < -0.4 is 15.7 Å². The van der Waals surface area contributed by atoms with E-state index in [9.17, 15) is 9.90 Å². The molecule has 0 spiro atoms.